The molecule has 26 heavy (non-hydrogen) atoms. The van der Waals surface area contributed by atoms with Crippen molar-refractivity contribution in [3.05, 3.63) is 59.7 Å². The van der Waals surface area contributed by atoms with Crippen LogP contribution < -0.4 is 11.5 Å². The lowest BCUT2D eigenvalue weighted by atomic mass is 9.52. The van der Waals surface area contributed by atoms with Crippen LogP contribution in [0.1, 0.15) is 23.0 Å². The molecule has 0 heterocycles. The zero-order chi connectivity index (χ0) is 18.8. The van der Waals surface area contributed by atoms with Crippen LogP contribution in [0.15, 0.2) is 48.5 Å². The molecule has 2 aromatic carbocycles. The summed E-state index contributed by atoms with van der Waals surface area (Å²) in [6.07, 6.45) is 0. The number of carbonyl (C=O) groups excluding carboxylic acids is 2. The Morgan fingerprint density at radius 2 is 1.00 bits per heavy atom. The number of quaternary nitrogens is 2. The molecule has 0 aliphatic heterocycles. The molecule has 0 atom stereocenters. The Labute approximate surface area is 152 Å². The fourth-order valence-electron chi connectivity index (χ4n) is 3.92. The molecule has 136 valence electrons. The lowest BCUT2D eigenvalue weighted by Crippen LogP contribution is -2.51. The molecule has 0 unspecified atom stereocenters. The van der Waals surface area contributed by atoms with E-state index in [0.717, 1.165) is 22.5 Å². The van der Waals surface area contributed by atoms with Gasteiger partial charge in [-0.2, -0.15) is 0 Å². The molecule has 1 fully saturated rings. The summed E-state index contributed by atoms with van der Waals surface area (Å²) in [5.74, 6) is -2.12. The smallest absolute Gasteiger partial charge is 0.309 e. The Kier molecular flexibility index (Phi) is 5.06. The van der Waals surface area contributed by atoms with Crippen LogP contribution in [-0.2, 0) is 19.1 Å². The van der Waals surface area contributed by atoms with Crippen molar-refractivity contribution in [2.24, 2.45) is 11.8 Å². The second-order valence-electron chi connectivity index (χ2n) is 6.63. The third kappa shape index (κ3) is 3.09. The molecule has 6 N–H and O–H groups in total. The lowest BCUT2D eigenvalue weighted by Gasteiger charge is -2.49. The number of methoxy groups -OCH3 is 2. The maximum Gasteiger partial charge on any atom is 0.309 e. The highest BCUT2D eigenvalue weighted by molar-refractivity contribution is 5.85. The fourth-order valence-corrected chi connectivity index (χ4v) is 3.92. The summed E-state index contributed by atoms with van der Waals surface area (Å²) in [6.45, 7) is 0. The predicted octanol–water partition coefficient (Wildman–Crippen LogP) is 0.893. The Balaban J connectivity index is 2.06. The molecule has 1 aliphatic carbocycles. The Hall–Kier alpha value is -2.70. The van der Waals surface area contributed by atoms with E-state index in [0.29, 0.717) is 0 Å². The fraction of sp³-hybridized carbons (Fsp3) is 0.300. The van der Waals surface area contributed by atoms with E-state index >= 15 is 0 Å². The van der Waals surface area contributed by atoms with Gasteiger partial charge in [0.15, 0.2) is 0 Å². The number of hydrogen-bond acceptors (Lipinski definition) is 4. The van der Waals surface area contributed by atoms with E-state index < -0.39 is 11.8 Å². The predicted molar refractivity (Wildman–Crippen MR) is 94.5 cm³/mol. The van der Waals surface area contributed by atoms with Gasteiger partial charge in [0, 0.05) is 11.8 Å². The van der Waals surface area contributed by atoms with E-state index in [1.807, 2.05) is 48.5 Å². The average molecular weight is 356 g/mol. The molecule has 2 aromatic rings. The Morgan fingerprint density at radius 3 is 1.27 bits per heavy atom. The van der Waals surface area contributed by atoms with Crippen molar-refractivity contribution in [1.82, 2.24) is 0 Å². The first-order chi connectivity index (χ1) is 12.5. The van der Waals surface area contributed by atoms with E-state index in [2.05, 4.69) is 11.5 Å². The van der Waals surface area contributed by atoms with Crippen LogP contribution >= 0.6 is 0 Å². The van der Waals surface area contributed by atoms with Crippen molar-refractivity contribution in [3.63, 3.8) is 0 Å². The van der Waals surface area contributed by atoms with Crippen LogP contribution in [0.4, 0.5) is 11.4 Å². The minimum absolute atomic E-state index is 0.292. The largest absolute Gasteiger partial charge is 0.469 e. The molecule has 1 saturated carbocycles. The van der Waals surface area contributed by atoms with Gasteiger partial charge in [-0.1, -0.05) is 24.3 Å². The molecule has 0 radical (unpaired) electrons. The molecule has 0 bridgehead atoms. The van der Waals surface area contributed by atoms with E-state index in [1.165, 1.54) is 14.2 Å². The summed E-state index contributed by atoms with van der Waals surface area (Å²) in [6, 6.07) is 15.2. The summed E-state index contributed by atoms with van der Waals surface area (Å²) in [5.41, 5.74) is 11.3. The molecule has 0 saturated heterocycles. The molecule has 3 rings (SSSR count). The zero-order valence-electron chi connectivity index (χ0n) is 15.0. The minimum atomic E-state index is -0.449. The maximum absolute atomic E-state index is 12.6. The normalized spacial score (nSPS) is 24.5. The number of rotatable bonds is 4. The van der Waals surface area contributed by atoms with Gasteiger partial charge in [-0.25, -0.2) is 0 Å². The van der Waals surface area contributed by atoms with Crippen molar-refractivity contribution in [2.45, 2.75) is 11.8 Å². The van der Waals surface area contributed by atoms with Crippen molar-refractivity contribution < 1.29 is 30.5 Å². The maximum atomic E-state index is 12.6. The molecular formula is C20H24N2O4+2. The zero-order valence-corrected chi connectivity index (χ0v) is 15.0. The van der Waals surface area contributed by atoms with Crippen molar-refractivity contribution >= 4 is 23.3 Å². The van der Waals surface area contributed by atoms with Crippen LogP contribution in [-0.4, -0.2) is 26.2 Å². The van der Waals surface area contributed by atoms with Gasteiger partial charge >= 0.3 is 11.9 Å². The third-order valence-corrected chi connectivity index (χ3v) is 5.22. The molecule has 0 aromatic heterocycles. The summed E-state index contributed by atoms with van der Waals surface area (Å²) < 4.78 is 10.1. The SMILES string of the molecule is COC(=O)C1C(c2ccc([NH3+])cc2)C(C(=O)OC)C1c1ccc([NH3+])cc1. The van der Waals surface area contributed by atoms with E-state index in [1.54, 1.807) is 0 Å². The van der Waals surface area contributed by atoms with Gasteiger partial charge in [0.1, 0.15) is 11.4 Å². The first-order valence-corrected chi connectivity index (χ1v) is 8.47. The molecule has 6 nitrogen and oxygen atoms in total. The van der Waals surface area contributed by atoms with Gasteiger partial charge in [-0.3, -0.25) is 9.59 Å². The summed E-state index contributed by atoms with van der Waals surface area (Å²) in [4.78, 5) is 25.1. The number of ether oxygens (including phenoxy) is 2. The summed E-state index contributed by atoms with van der Waals surface area (Å²) >= 11 is 0. The Morgan fingerprint density at radius 1 is 0.692 bits per heavy atom. The topological polar surface area (TPSA) is 108 Å². The first-order valence-electron chi connectivity index (χ1n) is 8.47. The number of benzene rings is 2. The number of esters is 2. The number of hydrogen-bond donors (Lipinski definition) is 2. The van der Waals surface area contributed by atoms with Gasteiger partial charge in [0.2, 0.25) is 0 Å². The highest BCUT2D eigenvalue weighted by atomic mass is 16.5. The van der Waals surface area contributed by atoms with Crippen LogP contribution in [0, 0.1) is 11.8 Å². The second kappa shape index (κ2) is 7.27. The minimum Gasteiger partial charge on any atom is -0.469 e. The standard InChI is InChI=1S/C20H22N2O4/c1-25-19(23)17-15(11-3-7-13(21)8-4-11)18(20(24)26-2)16(17)12-5-9-14(22)10-6-12/h3-10,15-18H,21-22H2,1-2H3/p+2. The average Bonchev–Trinajstić information content (AvgIpc) is 2.63. The monoisotopic (exact) mass is 356 g/mol. The summed E-state index contributed by atoms with van der Waals surface area (Å²) in [7, 11) is 2.75. The van der Waals surface area contributed by atoms with Crippen LogP contribution in [0.2, 0.25) is 0 Å². The molecular weight excluding hydrogens is 332 g/mol. The molecule has 6 heteroatoms. The highest BCUT2D eigenvalue weighted by Gasteiger charge is 2.59. The van der Waals surface area contributed by atoms with Crippen LogP contribution in [0.25, 0.3) is 0 Å². The van der Waals surface area contributed by atoms with E-state index in [-0.39, 0.29) is 23.8 Å². The van der Waals surface area contributed by atoms with Gasteiger partial charge in [0.25, 0.3) is 0 Å². The molecule has 0 amide bonds. The van der Waals surface area contributed by atoms with Crippen LogP contribution in [0.3, 0.4) is 0 Å². The van der Waals surface area contributed by atoms with Crippen molar-refractivity contribution in [2.75, 3.05) is 14.2 Å². The molecule has 1 aliphatic rings. The van der Waals surface area contributed by atoms with Crippen molar-refractivity contribution in [1.29, 1.82) is 0 Å². The van der Waals surface area contributed by atoms with E-state index in [9.17, 15) is 9.59 Å². The third-order valence-electron chi connectivity index (χ3n) is 5.22. The highest BCUT2D eigenvalue weighted by Crippen LogP contribution is 2.58. The lowest BCUT2D eigenvalue weighted by molar-refractivity contribution is -0.255. The second-order valence-corrected chi connectivity index (χ2v) is 6.63. The van der Waals surface area contributed by atoms with Crippen molar-refractivity contribution in [3.8, 4) is 0 Å². The summed E-state index contributed by atoms with van der Waals surface area (Å²) in [5, 5.41) is 0. The first kappa shape index (κ1) is 18.1. The van der Waals surface area contributed by atoms with Gasteiger partial charge in [0.05, 0.1) is 26.1 Å². The van der Waals surface area contributed by atoms with Gasteiger partial charge in [-0.05, 0) is 35.4 Å². The van der Waals surface area contributed by atoms with E-state index in [4.69, 9.17) is 9.47 Å². The Bertz CT molecular complexity index is 724. The van der Waals surface area contributed by atoms with Gasteiger partial charge < -0.3 is 20.9 Å². The van der Waals surface area contributed by atoms with Crippen LogP contribution in [0.5, 0.6) is 0 Å². The number of carbonyl (C=O) groups is 2. The quantitative estimate of drug-likeness (QED) is 0.793. The van der Waals surface area contributed by atoms with Gasteiger partial charge in [-0.15, -0.1) is 0 Å². The molecule has 0 spiro atoms.